The number of hydrogen-bond acceptors (Lipinski definition) is 5. The van der Waals surface area contributed by atoms with Gasteiger partial charge in [0.15, 0.2) is 0 Å². The summed E-state index contributed by atoms with van der Waals surface area (Å²) in [5.74, 6) is -0.908. The Morgan fingerprint density at radius 1 is 1.10 bits per heavy atom. The number of carbonyl (C=O) groups is 1. The summed E-state index contributed by atoms with van der Waals surface area (Å²) in [7, 11) is 0. The summed E-state index contributed by atoms with van der Waals surface area (Å²) in [4.78, 5) is 29.4. The maximum Gasteiger partial charge on any atom is 0.340 e. The van der Waals surface area contributed by atoms with Gasteiger partial charge >= 0.3 is 5.97 Å². The maximum absolute atomic E-state index is 13.1. The third kappa shape index (κ3) is 4.05. The van der Waals surface area contributed by atoms with E-state index in [0.29, 0.717) is 28.3 Å². The summed E-state index contributed by atoms with van der Waals surface area (Å²) in [5.41, 5.74) is 2.97. The molecule has 4 rings (SSSR count). The molecule has 2 aromatic heterocycles. The summed E-state index contributed by atoms with van der Waals surface area (Å²) >= 11 is 0. The number of nitrogens with one attached hydrogen (secondary N) is 1. The van der Waals surface area contributed by atoms with Gasteiger partial charge in [0.1, 0.15) is 18.1 Å². The second-order valence-corrected chi connectivity index (χ2v) is 6.72. The van der Waals surface area contributed by atoms with Crippen molar-refractivity contribution in [2.24, 2.45) is 0 Å². The van der Waals surface area contributed by atoms with Crippen LogP contribution in [0.3, 0.4) is 0 Å². The molecule has 0 radical (unpaired) electrons. The number of pyridine rings is 1. The van der Waals surface area contributed by atoms with Crippen LogP contribution in [0.2, 0.25) is 0 Å². The van der Waals surface area contributed by atoms with E-state index < -0.39 is 5.97 Å². The van der Waals surface area contributed by atoms with Crippen molar-refractivity contribution in [3.8, 4) is 0 Å². The molecule has 0 bridgehead atoms. The number of benzene rings is 2. The van der Waals surface area contributed by atoms with Gasteiger partial charge in [0.25, 0.3) is 5.56 Å². The predicted molar refractivity (Wildman–Crippen MR) is 111 cm³/mol. The molecule has 0 aliphatic carbocycles. The van der Waals surface area contributed by atoms with Crippen molar-refractivity contribution in [3.05, 3.63) is 106 Å². The first-order chi connectivity index (χ1) is 14.5. The number of halogens is 1. The second kappa shape index (κ2) is 8.16. The Kier molecular flexibility index (Phi) is 5.26. The topological polar surface area (TPSA) is 72.7 Å². The Hall–Kier alpha value is -4.00. The van der Waals surface area contributed by atoms with E-state index in [-0.39, 0.29) is 18.0 Å². The predicted octanol–water partition coefficient (Wildman–Crippen LogP) is 4.24. The van der Waals surface area contributed by atoms with E-state index in [1.165, 1.54) is 22.6 Å². The molecule has 150 valence electrons. The number of fused-ring (bicyclic) bond motifs is 1. The number of anilines is 2. The van der Waals surface area contributed by atoms with E-state index in [1.807, 2.05) is 13.0 Å². The number of hydrogen-bond donors (Lipinski definition) is 1. The molecule has 2 heterocycles. The molecule has 30 heavy (non-hydrogen) atoms. The van der Waals surface area contributed by atoms with Gasteiger partial charge in [-0.2, -0.15) is 0 Å². The van der Waals surface area contributed by atoms with Gasteiger partial charge in [0.05, 0.1) is 16.9 Å². The fourth-order valence-electron chi connectivity index (χ4n) is 3.06. The Bertz CT molecular complexity index is 1280. The van der Waals surface area contributed by atoms with Crippen molar-refractivity contribution in [3.63, 3.8) is 0 Å². The summed E-state index contributed by atoms with van der Waals surface area (Å²) in [6.45, 7) is 1.72. The highest BCUT2D eigenvalue weighted by atomic mass is 19.1. The molecule has 0 unspecified atom stereocenters. The molecule has 4 aromatic rings. The van der Waals surface area contributed by atoms with Gasteiger partial charge in [-0.1, -0.05) is 18.2 Å². The van der Waals surface area contributed by atoms with E-state index in [1.54, 1.807) is 48.7 Å². The van der Waals surface area contributed by atoms with Gasteiger partial charge in [-0.05, 0) is 55.0 Å². The molecule has 0 spiro atoms. The van der Waals surface area contributed by atoms with Gasteiger partial charge in [-0.15, -0.1) is 0 Å². The third-order valence-corrected chi connectivity index (χ3v) is 4.56. The van der Waals surface area contributed by atoms with Gasteiger partial charge in [0, 0.05) is 18.0 Å². The maximum atomic E-state index is 13.1. The van der Waals surface area contributed by atoms with Gasteiger partial charge in [0.2, 0.25) is 0 Å². The Labute approximate surface area is 171 Å². The van der Waals surface area contributed by atoms with Crippen molar-refractivity contribution in [1.29, 1.82) is 0 Å². The standard InChI is InChI=1S/C23H18FN3O3/c1-15-5-4-12-27-21(28)13-18(26-22(15)27)14-30-23(29)19-6-2-3-7-20(19)25-17-10-8-16(24)9-11-17/h2-13,25H,14H2,1H3. The molecular weight excluding hydrogens is 385 g/mol. The molecule has 0 fully saturated rings. The molecule has 0 aliphatic heterocycles. The molecule has 0 amide bonds. The zero-order chi connectivity index (χ0) is 21.1. The van der Waals surface area contributed by atoms with E-state index in [0.717, 1.165) is 5.56 Å². The highest BCUT2D eigenvalue weighted by Crippen LogP contribution is 2.22. The SMILES string of the molecule is Cc1cccn2c(=O)cc(COC(=O)c3ccccc3Nc3ccc(F)cc3)nc12. The van der Waals surface area contributed by atoms with E-state index in [2.05, 4.69) is 10.3 Å². The zero-order valence-electron chi connectivity index (χ0n) is 16.1. The molecule has 7 heteroatoms. The fraction of sp³-hybridized carbons (Fsp3) is 0.0870. The lowest BCUT2D eigenvalue weighted by atomic mass is 10.1. The molecule has 0 saturated carbocycles. The number of nitrogens with zero attached hydrogens (tertiary/aromatic N) is 2. The van der Waals surface area contributed by atoms with Crippen LogP contribution >= 0.6 is 0 Å². The van der Waals surface area contributed by atoms with Crippen LogP contribution in [0.5, 0.6) is 0 Å². The second-order valence-electron chi connectivity index (χ2n) is 6.72. The van der Waals surface area contributed by atoms with Gasteiger partial charge < -0.3 is 10.1 Å². The fourth-order valence-corrected chi connectivity index (χ4v) is 3.06. The Balaban J connectivity index is 1.54. The summed E-state index contributed by atoms with van der Waals surface area (Å²) in [5, 5.41) is 3.08. The van der Waals surface area contributed by atoms with Crippen LogP contribution < -0.4 is 10.9 Å². The normalized spacial score (nSPS) is 10.7. The van der Waals surface area contributed by atoms with Crippen molar-refractivity contribution in [2.45, 2.75) is 13.5 Å². The number of rotatable bonds is 5. The van der Waals surface area contributed by atoms with Gasteiger partial charge in [-0.3, -0.25) is 9.20 Å². The molecule has 6 nitrogen and oxygen atoms in total. The smallest absolute Gasteiger partial charge is 0.340 e. The summed E-state index contributed by atoms with van der Waals surface area (Å²) < 4.78 is 20.0. The summed E-state index contributed by atoms with van der Waals surface area (Å²) in [6, 6.07) is 17.6. The number of esters is 1. The van der Waals surface area contributed by atoms with Crippen LogP contribution in [0.1, 0.15) is 21.6 Å². The van der Waals surface area contributed by atoms with Crippen molar-refractivity contribution < 1.29 is 13.9 Å². The van der Waals surface area contributed by atoms with Crippen LogP contribution in [0, 0.1) is 12.7 Å². The lowest BCUT2D eigenvalue weighted by Gasteiger charge is -2.12. The van der Waals surface area contributed by atoms with Gasteiger partial charge in [-0.25, -0.2) is 14.2 Å². The Morgan fingerprint density at radius 3 is 2.67 bits per heavy atom. The van der Waals surface area contributed by atoms with Crippen LogP contribution in [0.15, 0.2) is 77.7 Å². The first-order valence-corrected chi connectivity index (χ1v) is 9.28. The summed E-state index contributed by atoms with van der Waals surface area (Å²) in [6.07, 6.45) is 1.64. The lowest BCUT2D eigenvalue weighted by Crippen LogP contribution is -2.17. The first kappa shape index (κ1) is 19.3. The lowest BCUT2D eigenvalue weighted by molar-refractivity contribution is 0.0469. The van der Waals surface area contributed by atoms with E-state index in [9.17, 15) is 14.0 Å². The molecule has 0 saturated heterocycles. The minimum Gasteiger partial charge on any atom is -0.456 e. The largest absolute Gasteiger partial charge is 0.456 e. The van der Waals surface area contributed by atoms with Crippen LogP contribution in [-0.4, -0.2) is 15.4 Å². The highest BCUT2D eigenvalue weighted by Gasteiger charge is 2.14. The average Bonchev–Trinajstić information content (AvgIpc) is 2.75. The van der Waals surface area contributed by atoms with Crippen LogP contribution in [0.4, 0.5) is 15.8 Å². The zero-order valence-corrected chi connectivity index (χ0v) is 16.1. The molecule has 0 aliphatic rings. The van der Waals surface area contributed by atoms with Crippen molar-refractivity contribution in [2.75, 3.05) is 5.32 Å². The molecule has 0 atom stereocenters. The van der Waals surface area contributed by atoms with Crippen LogP contribution in [0.25, 0.3) is 5.65 Å². The Morgan fingerprint density at radius 2 is 1.87 bits per heavy atom. The monoisotopic (exact) mass is 403 g/mol. The minimum absolute atomic E-state index is 0.135. The van der Waals surface area contributed by atoms with E-state index in [4.69, 9.17) is 4.74 Å². The first-order valence-electron chi connectivity index (χ1n) is 9.28. The van der Waals surface area contributed by atoms with Crippen molar-refractivity contribution >= 4 is 23.0 Å². The minimum atomic E-state index is -0.563. The molecular formula is C23H18FN3O3. The molecule has 1 N–H and O–H groups in total. The number of aromatic nitrogens is 2. The number of para-hydroxylation sites is 1. The van der Waals surface area contributed by atoms with E-state index >= 15 is 0 Å². The molecule has 2 aromatic carbocycles. The average molecular weight is 403 g/mol. The number of ether oxygens (including phenoxy) is 1. The highest BCUT2D eigenvalue weighted by molar-refractivity contribution is 5.96. The quantitative estimate of drug-likeness (QED) is 0.505. The number of carbonyl (C=O) groups excluding carboxylic acids is 1. The van der Waals surface area contributed by atoms with Crippen molar-refractivity contribution in [1.82, 2.24) is 9.38 Å². The third-order valence-electron chi connectivity index (χ3n) is 4.56. The number of aryl methyl sites for hydroxylation is 1. The van der Waals surface area contributed by atoms with Crippen LogP contribution in [-0.2, 0) is 11.3 Å².